The molecule has 0 N–H and O–H groups in total. The highest BCUT2D eigenvalue weighted by Crippen LogP contribution is 2.43. The van der Waals surface area contributed by atoms with Crippen molar-refractivity contribution in [3.8, 4) is 17.1 Å². The van der Waals surface area contributed by atoms with Gasteiger partial charge in [-0.2, -0.15) is 0 Å². The minimum atomic E-state index is 1.16. The molecule has 0 aliphatic rings. The van der Waals surface area contributed by atoms with Crippen molar-refractivity contribution in [3.63, 3.8) is 0 Å². The zero-order valence-electron chi connectivity index (χ0n) is 24.4. The summed E-state index contributed by atoms with van der Waals surface area (Å²) < 4.78 is 7.28. The lowest BCUT2D eigenvalue weighted by atomic mass is 10.1. The van der Waals surface area contributed by atoms with Gasteiger partial charge in [-0.3, -0.25) is 0 Å². The minimum Gasteiger partial charge on any atom is -0.309 e. The smallest absolute Gasteiger partial charge is 0.0641 e. The Bertz CT molecular complexity index is 2690. The van der Waals surface area contributed by atoms with E-state index in [0.717, 1.165) is 5.69 Å². The summed E-state index contributed by atoms with van der Waals surface area (Å²) in [6.07, 6.45) is 0. The molecule has 210 valence electrons. The summed E-state index contributed by atoms with van der Waals surface area (Å²) in [5.41, 5.74) is 10.8. The van der Waals surface area contributed by atoms with E-state index in [9.17, 15) is 0 Å². The van der Waals surface area contributed by atoms with E-state index in [0.29, 0.717) is 0 Å². The predicted molar refractivity (Wildman–Crippen MR) is 189 cm³/mol. The molecule has 0 saturated heterocycles. The molecule has 45 heavy (non-hydrogen) atoms. The van der Waals surface area contributed by atoms with Crippen LogP contribution in [0, 0.1) is 0 Å². The van der Waals surface area contributed by atoms with Gasteiger partial charge in [-0.05, 0) is 66.7 Å². The Hall–Kier alpha value is -6.06. The summed E-state index contributed by atoms with van der Waals surface area (Å²) in [5, 5.41) is 7.56. The van der Waals surface area contributed by atoms with Gasteiger partial charge in [-0.1, -0.05) is 97.1 Å². The first-order chi connectivity index (χ1) is 22.4. The minimum absolute atomic E-state index is 1.16. The van der Waals surface area contributed by atoms with Crippen molar-refractivity contribution < 1.29 is 0 Å². The highest BCUT2D eigenvalue weighted by Gasteiger charge is 2.21. The number of aromatic nitrogens is 3. The van der Waals surface area contributed by atoms with Crippen LogP contribution in [0.15, 0.2) is 164 Å². The van der Waals surface area contributed by atoms with E-state index in [1.165, 1.54) is 76.8 Å². The van der Waals surface area contributed by atoms with E-state index in [1.54, 1.807) is 0 Å². The number of nitrogens with zero attached hydrogens (tertiary/aromatic N) is 3. The summed E-state index contributed by atoms with van der Waals surface area (Å²) in [7, 11) is 0. The molecule has 0 bridgehead atoms. The van der Waals surface area contributed by atoms with Crippen molar-refractivity contribution in [2.75, 3.05) is 0 Å². The zero-order chi connectivity index (χ0) is 29.5. The Morgan fingerprint density at radius 1 is 0.267 bits per heavy atom. The summed E-state index contributed by atoms with van der Waals surface area (Å²) in [6, 6.07) is 59.4. The highest BCUT2D eigenvalue weighted by atomic mass is 15.0. The molecule has 0 aliphatic heterocycles. The monoisotopic (exact) mass is 573 g/mol. The van der Waals surface area contributed by atoms with Gasteiger partial charge in [0.1, 0.15) is 0 Å². The highest BCUT2D eigenvalue weighted by molar-refractivity contribution is 6.26. The largest absolute Gasteiger partial charge is 0.309 e. The van der Waals surface area contributed by atoms with Crippen LogP contribution in [0.4, 0.5) is 0 Å². The van der Waals surface area contributed by atoms with Crippen LogP contribution in [-0.2, 0) is 0 Å². The Labute approximate surface area is 259 Å². The van der Waals surface area contributed by atoms with Crippen LogP contribution in [0.5, 0.6) is 0 Å². The molecular weight excluding hydrogens is 546 g/mol. The van der Waals surface area contributed by atoms with Crippen molar-refractivity contribution in [3.05, 3.63) is 164 Å². The van der Waals surface area contributed by atoms with Gasteiger partial charge in [0, 0.05) is 49.4 Å². The molecule has 3 heterocycles. The van der Waals surface area contributed by atoms with Gasteiger partial charge in [0.2, 0.25) is 0 Å². The van der Waals surface area contributed by atoms with Gasteiger partial charge in [-0.25, -0.2) is 0 Å². The van der Waals surface area contributed by atoms with Crippen LogP contribution in [0.1, 0.15) is 0 Å². The first-order valence-electron chi connectivity index (χ1n) is 15.5. The molecular formula is C42H27N3. The van der Waals surface area contributed by atoms with E-state index in [2.05, 4.69) is 177 Å². The molecule has 3 nitrogen and oxygen atoms in total. The maximum Gasteiger partial charge on any atom is 0.0641 e. The maximum absolute atomic E-state index is 2.46. The first kappa shape index (κ1) is 24.4. The third-order valence-corrected chi connectivity index (χ3v) is 9.41. The van der Waals surface area contributed by atoms with Gasteiger partial charge >= 0.3 is 0 Å². The fourth-order valence-corrected chi connectivity index (χ4v) is 7.59. The lowest BCUT2D eigenvalue weighted by Crippen LogP contribution is -1.96. The molecule has 10 rings (SSSR count). The molecule has 7 aromatic carbocycles. The third-order valence-electron chi connectivity index (χ3n) is 9.41. The number of benzene rings is 7. The summed E-state index contributed by atoms with van der Waals surface area (Å²) in [6.45, 7) is 0. The molecule has 0 aliphatic carbocycles. The quantitative estimate of drug-likeness (QED) is 0.200. The topological polar surface area (TPSA) is 14.8 Å². The fourth-order valence-electron chi connectivity index (χ4n) is 7.59. The molecule has 0 unspecified atom stereocenters. The maximum atomic E-state index is 2.46. The van der Waals surface area contributed by atoms with Crippen LogP contribution in [0.2, 0.25) is 0 Å². The van der Waals surface area contributed by atoms with E-state index in [-0.39, 0.29) is 0 Å². The Morgan fingerprint density at radius 2 is 0.733 bits per heavy atom. The van der Waals surface area contributed by atoms with E-state index in [1.807, 2.05) is 0 Å². The molecule has 3 heteroatoms. The van der Waals surface area contributed by atoms with Crippen molar-refractivity contribution in [2.45, 2.75) is 0 Å². The summed E-state index contributed by atoms with van der Waals surface area (Å²) >= 11 is 0. The van der Waals surface area contributed by atoms with Gasteiger partial charge in [-0.15, -0.1) is 0 Å². The van der Waals surface area contributed by atoms with Crippen LogP contribution in [0.3, 0.4) is 0 Å². The zero-order valence-corrected chi connectivity index (χ0v) is 24.4. The molecule has 0 saturated carbocycles. The number of hydrogen-bond acceptors (Lipinski definition) is 0. The molecule has 0 atom stereocenters. The lowest BCUT2D eigenvalue weighted by molar-refractivity contribution is 1.17. The number of para-hydroxylation sites is 5. The average molecular weight is 574 g/mol. The molecule has 0 amide bonds. The number of hydrogen-bond donors (Lipinski definition) is 0. The molecule has 0 fully saturated rings. The molecule has 0 radical (unpaired) electrons. The Kier molecular flexibility index (Phi) is 5.00. The normalized spacial score (nSPS) is 12.0. The van der Waals surface area contributed by atoms with Crippen molar-refractivity contribution in [1.82, 2.24) is 13.7 Å². The SMILES string of the molecule is c1ccc(-n2c3ccccc3c3c2ccc2c4cc(-n5c6ccccc6c6ccccc65)ccc4n(-c4ccccc4)c23)cc1. The Balaban J connectivity index is 1.37. The molecule has 3 aromatic heterocycles. The second kappa shape index (κ2) is 9.22. The second-order valence-corrected chi connectivity index (χ2v) is 11.8. The molecule has 0 spiro atoms. The average Bonchev–Trinajstić information content (AvgIpc) is 3.74. The van der Waals surface area contributed by atoms with Crippen molar-refractivity contribution in [2.24, 2.45) is 0 Å². The van der Waals surface area contributed by atoms with Crippen LogP contribution < -0.4 is 0 Å². The van der Waals surface area contributed by atoms with Crippen molar-refractivity contribution in [1.29, 1.82) is 0 Å². The van der Waals surface area contributed by atoms with Gasteiger partial charge in [0.15, 0.2) is 0 Å². The van der Waals surface area contributed by atoms with Gasteiger partial charge in [0.05, 0.1) is 33.1 Å². The van der Waals surface area contributed by atoms with Crippen LogP contribution >= 0.6 is 0 Å². The first-order valence-corrected chi connectivity index (χ1v) is 15.5. The van der Waals surface area contributed by atoms with Gasteiger partial charge in [0.25, 0.3) is 0 Å². The number of rotatable bonds is 3. The lowest BCUT2D eigenvalue weighted by Gasteiger charge is -2.11. The Morgan fingerprint density at radius 3 is 1.38 bits per heavy atom. The fraction of sp³-hybridized carbons (Fsp3) is 0. The predicted octanol–water partition coefficient (Wildman–Crippen LogP) is 11.0. The van der Waals surface area contributed by atoms with E-state index in [4.69, 9.17) is 0 Å². The summed E-state index contributed by atoms with van der Waals surface area (Å²) in [5.74, 6) is 0. The third kappa shape index (κ3) is 3.35. The van der Waals surface area contributed by atoms with E-state index >= 15 is 0 Å². The second-order valence-electron chi connectivity index (χ2n) is 11.8. The number of fused-ring (bicyclic) bond motifs is 10. The molecule has 10 aromatic rings. The van der Waals surface area contributed by atoms with Gasteiger partial charge < -0.3 is 13.7 Å². The summed E-state index contributed by atoms with van der Waals surface area (Å²) in [4.78, 5) is 0. The van der Waals surface area contributed by atoms with Crippen molar-refractivity contribution >= 4 is 65.4 Å². The van der Waals surface area contributed by atoms with Crippen LogP contribution in [-0.4, -0.2) is 13.7 Å². The standard InChI is InChI=1S/C42H27N3/c1-3-13-28(14-4-1)43-38-22-12-9-19-34(38)41-40(43)26-24-33-35-27-30(23-25-39(35)45(42(33)41)29-15-5-2-6-16-29)44-36-20-10-7-17-31(36)32-18-8-11-21-37(32)44/h1-27H. The van der Waals surface area contributed by atoms with Crippen LogP contribution in [0.25, 0.3) is 82.5 Å². The van der Waals surface area contributed by atoms with E-state index < -0.39 is 0 Å².